The van der Waals surface area contributed by atoms with E-state index in [4.69, 9.17) is 11.5 Å². The van der Waals surface area contributed by atoms with Gasteiger partial charge in [0.05, 0.1) is 25.7 Å². The zero-order valence-electron chi connectivity index (χ0n) is 25.7. The Bertz CT molecular complexity index is 1040. The van der Waals surface area contributed by atoms with E-state index in [-0.39, 0.29) is 19.4 Å². The predicted octanol–water partition coefficient (Wildman–Crippen LogP) is -5.04. The van der Waals surface area contributed by atoms with Crippen molar-refractivity contribution < 1.29 is 54.0 Å². The second-order valence-corrected chi connectivity index (χ2v) is 10.8. The molecule has 5 amide bonds. The number of rotatable bonds is 23. The van der Waals surface area contributed by atoms with E-state index in [1.807, 2.05) is 0 Å². The van der Waals surface area contributed by atoms with Gasteiger partial charge in [-0.05, 0) is 71.0 Å². The topological polar surface area (TPSA) is 325 Å². The first-order valence-corrected chi connectivity index (χ1v) is 15.2. The number of aliphatic carboxylic acids is 2. The molecule has 0 spiro atoms. The van der Waals surface area contributed by atoms with E-state index in [1.165, 1.54) is 0 Å². The van der Waals surface area contributed by atoms with Crippen LogP contribution in [0.5, 0.6) is 0 Å². The van der Waals surface area contributed by atoms with Crippen molar-refractivity contribution in [2.45, 2.75) is 94.0 Å². The summed E-state index contributed by atoms with van der Waals surface area (Å²) in [6, 6.07) is -8.13. The molecule has 0 saturated carbocycles. The number of carbonyl (C=O) groups is 7. The highest BCUT2D eigenvalue weighted by Crippen LogP contribution is 2.08. The number of nitrogens with two attached hydrogens (primary N) is 2. The SMILES string of the molecule is NCCCC[C@H](NC(=O)[C@H](CC(=O)O)NC(=O)[C@H](CO)NC(=O)[C@H](CO)NC(=O)[C@H](CCCCN)NC(=O)[C@@H]1CCCN1)C(=O)O. The van der Waals surface area contributed by atoms with Gasteiger partial charge in [-0.25, -0.2) is 4.79 Å². The zero-order chi connectivity index (χ0) is 34.6. The Morgan fingerprint density at radius 3 is 1.54 bits per heavy atom. The van der Waals surface area contributed by atoms with Crippen LogP contribution in [-0.2, 0) is 33.6 Å². The molecule has 0 aromatic heterocycles. The Hall–Kier alpha value is -3.91. The van der Waals surface area contributed by atoms with Crippen molar-refractivity contribution in [2.24, 2.45) is 11.5 Å². The maximum atomic E-state index is 13.0. The summed E-state index contributed by atoms with van der Waals surface area (Å²) in [4.78, 5) is 87.1. The lowest BCUT2D eigenvalue weighted by molar-refractivity contribution is -0.144. The summed E-state index contributed by atoms with van der Waals surface area (Å²) < 4.78 is 0. The predicted molar refractivity (Wildman–Crippen MR) is 161 cm³/mol. The minimum Gasteiger partial charge on any atom is -0.481 e. The summed E-state index contributed by atoms with van der Waals surface area (Å²) in [7, 11) is 0. The average molecular weight is 661 g/mol. The number of unbranched alkanes of at least 4 members (excludes halogenated alkanes) is 2. The molecule has 1 fully saturated rings. The van der Waals surface area contributed by atoms with Crippen LogP contribution in [0, 0.1) is 0 Å². The van der Waals surface area contributed by atoms with Crippen LogP contribution in [-0.4, -0.2) is 131 Å². The molecule has 1 aliphatic heterocycles. The standard InChI is InChI=1S/C27H48N8O11/c28-9-3-1-6-16(31-22(40)15-8-5-11-30-15)23(41)34-20(14-37)26(44)35-19(13-36)25(43)33-18(12-21(38)39)24(42)32-17(27(45)46)7-2-4-10-29/h15-20,30,36-37H,1-14,28-29H2,(H,31,40)(H,32,42)(H,33,43)(H,34,41)(H,35,44)(H,38,39)(H,45,46)/t15-,16-,17-,18-,19-,20-/m0/s1. The van der Waals surface area contributed by atoms with Crippen LogP contribution < -0.4 is 43.4 Å². The van der Waals surface area contributed by atoms with Gasteiger partial charge in [-0.3, -0.25) is 28.8 Å². The van der Waals surface area contributed by atoms with Crippen LogP contribution in [0.4, 0.5) is 0 Å². The molecule has 1 saturated heterocycles. The van der Waals surface area contributed by atoms with Gasteiger partial charge in [-0.1, -0.05) is 0 Å². The van der Waals surface area contributed by atoms with Gasteiger partial charge >= 0.3 is 11.9 Å². The second kappa shape index (κ2) is 21.8. The number of aliphatic hydroxyl groups excluding tert-OH is 2. The molecule has 1 heterocycles. The van der Waals surface area contributed by atoms with E-state index in [9.17, 15) is 54.0 Å². The molecule has 0 aromatic rings. The van der Waals surface area contributed by atoms with Crippen molar-refractivity contribution in [1.82, 2.24) is 31.9 Å². The summed E-state index contributed by atoms with van der Waals surface area (Å²) >= 11 is 0. The van der Waals surface area contributed by atoms with E-state index >= 15 is 0 Å². The highest BCUT2D eigenvalue weighted by molar-refractivity contribution is 5.97. The van der Waals surface area contributed by atoms with Crippen LogP contribution in [0.15, 0.2) is 0 Å². The quantitative estimate of drug-likeness (QED) is 0.0457. The first-order valence-electron chi connectivity index (χ1n) is 15.2. The van der Waals surface area contributed by atoms with Crippen LogP contribution in [0.2, 0.25) is 0 Å². The third kappa shape index (κ3) is 14.5. The lowest BCUT2D eigenvalue weighted by atomic mass is 10.1. The third-order valence-corrected chi connectivity index (χ3v) is 7.16. The zero-order valence-corrected chi connectivity index (χ0v) is 25.7. The van der Waals surface area contributed by atoms with Crippen molar-refractivity contribution >= 4 is 41.5 Å². The highest BCUT2D eigenvalue weighted by Gasteiger charge is 2.33. The van der Waals surface area contributed by atoms with Gasteiger partial charge in [0.25, 0.3) is 0 Å². The fourth-order valence-electron chi connectivity index (χ4n) is 4.55. The fourth-order valence-corrected chi connectivity index (χ4v) is 4.55. The third-order valence-electron chi connectivity index (χ3n) is 7.16. The summed E-state index contributed by atoms with van der Waals surface area (Å²) in [5.74, 6) is -7.54. The molecule has 19 heteroatoms. The summed E-state index contributed by atoms with van der Waals surface area (Å²) in [5.41, 5.74) is 10.9. The number of amides is 5. The maximum Gasteiger partial charge on any atom is 0.326 e. The van der Waals surface area contributed by atoms with Gasteiger partial charge < -0.3 is 63.8 Å². The average Bonchev–Trinajstić information content (AvgIpc) is 3.56. The fraction of sp³-hybridized carbons (Fsp3) is 0.741. The molecule has 262 valence electrons. The molecule has 0 unspecified atom stereocenters. The summed E-state index contributed by atoms with van der Waals surface area (Å²) in [5, 5.41) is 52.5. The van der Waals surface area contributed by atoms with E-state index in [0.717, 1.165) is 6.42 Å². The lowest BCUT2D eigenvalue weighted by Crippen LogP contribution is -2.60. The van der Waals surface area contributed by atoms with Crippen molar-refractivity contribution in [1.29, 1.82) is 0 Å². The number of hydrogen-bond acceptors (Lipinski definition) is 12. The Balaban J connectivity index is 2.93. The molecule has 0 bridgehead atoms. The second-order valence-electron chi connectivity index (χ2n) is 10.8. The Morgan fingerprint density at radius 1 is 0.652 bits per heavy atom. The monoisotopic (exact) mass is 660 g/mol. The smallest absolute Gasteiger partial charge is 0.326 e. The summed E-state index contributed by atoms with van der Waals surface area (Å²) in [6.45, 7) is -0.683. The summed E-state index contributed by atoms with van der Waals surface area (Å²) in [6.07, 6.45) is 2.45. The molecule has 14 N–H and O–H groups in total. The number of carboxylic acids is 2. The Labute approximate surface area is 266 Å². The van der Waals surface area contributed by atoms with E-state index in [1.54, 1.807) is 0 Å². The molecule has 1 rings (SSSR count). The van der Waals surface area contributed by atoms with Crippen molar-refractivity contribution in [3.05, 3.63) is 0 Å². The number of aliphatic hydroxyl groups is 2. The van der Waals surface area contributed by atoms with E-state index in [0.29, 0.717) is 45.2 Å². The molecular formula is C27H48N8O11. The van der Waals surface area contributed by atoms with Gasteiger partial charge in [0.2, 0.25) is 29.5 Å². The number of nitrogens with one attached hydrogen (secondary N) is 6. The molecule has 0 radical (unpaired) electrons. The minimum atomic E-state index is -1.78. The van der Waals surface area contributed by atoms with Crippen molar-refractivity contribution in [3.8, 4) is 0 Å². The van der Waals surface area contributed by atoms with E-state index in [2.05, 4.69) is 31.9 Å². The molecule has 6 atom stereocenters. The van der Waals surface area contributed by atoms with Crippen LogP contribution in [0.3, 0.4) is 0 Å². The van der Waals surface area contributed by atoms with Gasteiger partial charge in [-0.2, -0.15) is 0 Å². The molecule has 19 nitrogen and oxygen atoms in total. The molecule has 1 aliphatic rings. The number of hydrogen-bond donors (Lipinski definition) is 12. The maximum absolute atomic E-state index is 13.0. The number of carboxylic acid groups (broad SMARTS) is 2. The Kier molecular flexibility index (Phi) is 19.0. The Morgan fingerprint density at radius 2 is 1.11 bits per heavy atom. The highest BCUT2D eigenvalue weighted by atomic mass is 16.4. The largest absolute Gasteiger partial charge is 0.481 e. The van der Waals surface area contributed by atoms with E-state index < -0.39 is 97.4 Å². The van der Waals surface area contributed by atoms with Crippen LogP contribution >= 0.6 is 0 Å². The first-order chi connectivity index (χ1) is 21.9. The lowest BCUT2D eigenvalue weighted by Gasteiger charge is -2.25. The first kappa shape index (κ1) is 40.1. The van der Waals surface area contributed by atoms with Crippen LogP contribution in [0.25, 0.3) is 0 Å². The molecule has 46 heavy (non-hydrogen) atoms. The van der Waals surface area contributed by atoms with Gasteiger partial charge in [0.15, 0.2) is 0 Å². The number of carbonyl (C=O) groups excluding carboxylic acids is 5. The van der Waals surface area contributed by atoms with Crippen molar-refractivity contribution in [3.63, 3.8) is 0 Å². The molecular weight excluding hydrogens is 612 g/mol. The van der Waals surface area contributed by atoms with Gasteiger partial charge in [0.1, 0.15) is 30.2 Å². The normalized spacial score (nSPS) is 17.4. The van der Waals surface area contributed by atoms with Crippen LogP contribution in [0.1, 0.15) is 57.8 Å². The minimum absolute atomic E-state index is 0.00930. The molecule has 0 aromatic carbocycles. The van der Waals surface area contributed by atoms with Crippen molar-refractivity contribution in [2.75, 3.05) is 32.8 Å². The molecule has 0 aliphatic carbocycles. The van der Waals surface area contributed by atoms with Gasteiger partial charge in [-0.15, -0.1) is 0 Å². The van der Waals surface area contributed by atoms with Gasteiger partial charge in [0, 0.05) is 0 Å².